The lowest BCUT2D eigenvalue weighted by Gasteiger charge is -2.12. The van der Waals surface area contributed by atoms with Gasteiger partial charge in [-0.25, -0.2) is 0 Å². The van der Waals surface area contributed by atoms with Crippen LogP contribution in [0.25, 0.3) is 0 Å². The average molecular weight is 228 g/mol. The second-order valence-electron chi connectivity index (χ2n) is 3.52. The Hall–Kier alpha value is -1.06. The predicted molar refractivity (Wildman–Crippen MR) is 60.2 cm³/mol. The Morgan fingerprint density at radius 2 is 2.27 bits per heavy atom. The number of carbonyl (C=O) groups excluding carboxylic acids is 1. The Morgan fingerprint density at radius 3 is 2.87 bits per heavy atom. The molecule has 15 heavy (non-hydrogen) atoms. The molecular weight excluding hydrogens is 214 g/mol. The van der Waals surface area contributed by atoms with E-state index in [0.29, 0.717) is 10.6 Å². The highest BCUT2D eigenvalue weighted by Gasteiger charge is 2.11. The largest absolute Gasteiger partial charge is 0.394 e. The molecule has 0 aliphatic carbocycles. The Morgan fingerprint density at radius 1 is 1.60 bits per heavy atom. The zero-order chi connectivity index (χ0) is 11.4. The van der Waals surface area contributed by atoms with Crippen LogP contribution in [-0.2, 0) is 0 Å². The summed E-state index contributed by atoms with van der Waals surface area (Å²) in [5, 5.41) is 12.0. The van der Waals surface area contributed by atoms with E-state index in [1.165, 1.54) is 0 Å². The molecule has 1 aromatic carbocycles. The maximum absolute atomic E-state index is 11.7. The minimum absolute atomic E-state index is 0.0780. The van der Waals surface area contributed by atoms with Crippen molar-refractivity contribution < 1.29 is 9.90 Å². The number of rotatable bonds is 3. The minimum Gasteiger partial charge on any atom is -0.394 e. The molecule has 2 N–H and O–H groups in total. The van der Waals surface area contributed by atoms with Gasteiger partial charge in [0.15, 0.2) is 0 Å². The molecule has 0 aromatic heterocycles. The number of halogens is 1. The molecule has 0 saturated carbocycles. The summed E-state index contributed by atoms with van der Waals surface area (Å²) in [6.07, 6.45) is 0. The van der Waals surface area contributed by atoms with Crippen molar-refractivity contribution in [1.29, 1.82) is 0 Å². The monoisotopic (exact) mass is 227 g/mol. The van der Waals surface area contributed by atoms with Crippen LogP contribution in [0.15, 0.2) is 18.2 Å². The molecule has 0 saturated heterocycles. The molecule has 0 aliphatic rings. The highest BCUT2D eigenvalue weighted by atomic mass is 35.5. The third kappa shape index (κ3) is 3.22. The highest BCUT2D eigenvalue weighted by Crippen LogP contribution is 2.15. The first-order chi connectivity index (χ1) is 7.04. The van der Waals surface area contributed by atoms with Crippen LogP contribution < -0.4 is 5.32 Å². The molecule has 1 amide bonds. The summed E-state index contributed by atoms with van der Waals surface area (Å²) >= 11 is 5.80. The molecule has 0 spiro atoms. The van der Waals surface area contributed by atoms with Crippen LogP contribution in [-0.4, -0.2) is 23.7 Å². The van der Waals surface area contributed by atoms with Gasteiger partial charge in [0.1, 0.15) is 0 Å². The van der Waals surface area contributed by atoms with Gasteiger partial charge in [0.05, 0.1) is 6.61 Å². The molecule has 0 heterocycles. The van der Waals surface area contributed by atoms with Gasteiger partial charge in [0, 0.05) is 16.6 Å². The Labute approximate surface area is 94.1 Å². The maximum atomic E-state index is 11.7. The van der Waals surface area contributed by atoms with E-state index >= 15 is 0 Å². The zero-order valence-corrected chi connectivity index (χ0v) is 9.51. The molecule has 4 heteroatoms. The summed E-state index contributed by atoms with van der Waals surface area (Å²) < 4.78 is 0. The second-order valence-corrected chi connectivity index (χ2v) is 3.95. The Bertz CT molecular complexity index is 366. The SMILES string of the molecule is Cc1ccc(Cl)cc1C(=O)N[C@H](C)CO. The average Bonchev–Trinajstić information content (AvgIpc) is 2.21. The molecule has 0 radical (unpaired) electrons. The van der Waals surface area contributed by atoms with Crippen molar-refractivity contribution in [1.82, 2.24) is 5.32 Å². The maximum Gasteiger partial charge on any atom is 0.251 e. The highest BCUT2D eigenvalue weighted by molar-refractivity contribution is 6.31. The number of hydrogen-bond donors (Lipinski definition) is 2. The molecule has 3 nitrogen and oxygen atoms in total. The van der Waals surface area contributed by atoms with Crippen molar-refractivity contribution in [3.63, 3.8) is 0 Å². The normalized spacial score (nSPS) is 12.3. The Balaban J connectivity index is 2.86. The molecule has 1 atom stereocenters. The smallest absolute Gasteiger partial charge is 0.251 e. The van der Waals surface area contributed by atoms with Crippen molar-refractivity contribution in [3.05, 3.63) is 34.3 Å². The van der Waals surface area contributed by atoms with E-state index in [1.807, 2.05) is 6.92 Å². The summed E-state index contributed by atoms with van der Waals surface area (Å²) in [5.41, 5.74) is 1.41. The third-order valence-electron chi connectivity index (χ3n) is 2.10. The van der Waals surface area contributed by atoms with Crippen molar-refractivity contribution in [2.45, 2.75) is 19.9 Å². The number of amides is 1. The van der Waals surface area contributed by atoms with Crippen LogP contribution >= 0.6 is 11.6 Å². The third-order valence-corrected chi connectivity index (χ3v) is 2.33. The van der Waals surface area contributed by atoms with Gasteiger partial charge in [0.25, 0.3) is 5.91 Å². The van der Waals surface area contributed by atoms with Crippen LogP contribution in [0.5, 0.6) is 0 Å². The molecule has 0 unspecified atom stereocenters. The van der Waals surface area contributed by atoms with Gasteiger partial charge in [-0.3, -0.25) is 4.79 Å². The first-order valence-corrected chi connectivity index (χ1v) is 5.10. The lowest BCUT2D eigenvalue weighted by molar-refractivity contribution is 0.0921. The van der Waals surface area contributed by atoms with Gasteiger partial charge in [-0.05, 0) is 31.5 Å². The fourth-order valence-corrected chi connectivity index (χ4v) is 1.36. The summed E-state index contributed by atoms with van der Waals surface area (Å²) in [4.78, 5) is 11.7. The molecule has 1 rings (SSSR count). The van der Waals surface area contributed by atoms with Crippen LogP contribution in [0.1, 0.15) is 22.8 Å². The zero-order valence-electron chi connectivity index (χ0n) is 8.75. The number of aliphatic hydroxyl groups excluding tert-OH is 1. The molecule has 0 bridgehead atoms. The van der Waals surface area contributed by atoms with E-state index in [-0.39, 0.29) is 18.6 Å². The molecular formula is C11H14ClNO2. The molecule has 82 valence electrons. The van der Waals surface area contributed by atoms with Crippen LogP contribution in [0.4, 0.5) is 0 Å². The van der Waals surface area contributed by atoms with Gasteiger partial charge in [0.2, 0.25) is 0 Å². The molecule has 1 aromatic rings. The Kier molecular flexibility index (Phi) is 4.12. The van der Waals surface area contributed by atoms with Crippen molar-refractivity contribution in [2.75, 3.05) is 6.61 Å². The summed E-state index contributed by atoms with van der Waals surface area (Å²) in [6, 6.07) is 4.90. The van der Waals surface area contributed by atoms with Gasteiger partial charge in [-0.15, -0.1) is 0 Å². The summed E-state index contributed by atoms with van der Waals surface area (Å²) in [5.74, 6) is -0.212. The number of nitrogens with one attached hydrogen (secondary N) is 1. The predicted octanol–water partition coefficient (Wildman–Crippen LogP) is 1.76. The summed E-state index contributed by atoms with van der Waals surface area (Å²) in [7, 11) is 0. The minimum atomic E-state index is -0.254. The first-order valence-electron chi connectivity index (χ1n) is 4.72. The quantitative estimate of drug-likeness (QED) is 0.827. The fourth-order valence-electron chi connectivity index (χ4n) is 1.19. The lowest BCUT2D eigenvalue weighted by atomic mass is 10.1. The van der Waals surface area contributed by atoms with Gasteiger partial charge >= 0.3 is 0 Å². The van der Waals surface area contributed by atoms with Crippen molar-refractivity contribution >= 4 is 17.5 Å². The van der Waals surface area contributed by atoms with Gasteiger partial charge in [-0.1, -0.05) is 17.7 Å². The van der Waals surface area contributed by atoms with E-state index < -0.39 is 0 Å². The summed E-state index contributed by atoms with van der Waals surface area (Å²) in [6.45, 7) is 3.50. The van der Waals surface area contributed by atoms with E-state index in [4.69, 9.17) is 16.7 Å². The molecule has 0 aliphatic heterocycles. The topological polar surface area (TPSA) is 49.3 Å². The van der Waals surface area contributed by atoms with Crippen molar-refractivity contribution in [2.24, 2.45) is 0 Å². The number of hydrogen-bond acceptors (Lipinski definition) is 2. The number of benzene rings is 1. The lowest BCUT2D eigenvalue weighted by Crippen LogP contribution is -2.35. The fraction of sp³-hybridized carbons (Fsp3) is 0.364. The molecule has 0 fully saturated rings. The first kappa shape index (κ1) is 12.0. The van der Waals surface area contributed by atoms with Crippen LogP contribution in [0, 0.1) is 6.92 Å². The van der Waals surface area contributed by atoms with E-state index in [9.17, 15) is 4.79 Å². The van der Waals surface area contributed by atoms with E-state index in [1.54, 1.807) is 25.1 Å². The van der Waals surface area contributed by atoms with Crippen LogP contribution in [0.2, 0.25) is 5.02 Å². The van der Waals surface area contributed by atoms with Gasteiger partial charge < -0.3 is 10.4 Å². The standard InChI is InChI=1S/C11H14ClNO2/c1-7-3-4-9(12)5-10(7)11(15)13-8(2)6-14/h3-5,8,14H,6H2,1-2H3,(H,13,15)/t8-/m1/s1. The van der Waals surface area contributed by atoms with E-state index in [0.717, 1.165) is 5.56 Å². The van der Waals surface area contributed by atoms with E-state index in [2.05, 4.69) is 5.32 Å². The van der Waals surface area contributed by atoms with Gasteiger partial charge in [-0.2, -0.15) is 0 Å². The number of carbonyl (C=O) groups is 1. The number of aliphatic hydroxyl groups is 1. The number of aryl methyl sites for hydroxylation is 1. The van der Waals surface area contributed by atoms with Crippen LogP contribution in [0.3, 0.4) is 0 Å². The second kappa shape index (κ2) is 5.14. The van der Waals surface area contributed by atoms with Crippen molar-refractivity contribution in [3.8, 4) is 0 Å².